The summed E-state index contributed by atoms with van der Waals surface area (Å²) in [5.41, 5.74) is 1.13. The molecule has 0 aromatic carbocycles. The number of thiazole rings is 1. The number of hydrogen-bond acceptors (Lipinski definition) is 4. The molecule has 0 bridgehead atoms. The maximum Gasteiger partial charge on any atom is 0.185 e. The van der Waals surface area contributed by atoms with Crippen LogP contribution < -0.4 is 10.2 Å². The van der Waals surface area contributed by atoms with E-state index in [1.165, 1.54) is 11.6 Å². The van der Waals surface area contributed by atoms with Crippen LogP contribution >= 0.6 is 11.3 Å². The van der Waals surface area contributed by atoms with Gasteiger partial charge in [0.15, 0.2) is 5.13 Å². The molecular weight excluding hydrogens is 194 g/mol. The standard InChI is InChI=1S/C10H17N3S/c1-3-13(9-4-5-11-6-9)10-12-8(2)7-14-10/h7,9,11H,3-6H2,1-2H3. The zero-order chi connectivity index (χ0) is 9.97. The fraction of sp³-hybridized carbons (Fsp3) is 0.700. The molecule has 1 aromatic rings. The Morgan fingerprint density at radius 1 is 1.71 bits per heavy atom. The van der Waals surface area contributed by atoms with E-state index in [1.807, 2.05) is 0 Å². The van der Waals surface area contributed by atoms with E-state index in [2.05, 4.69) is 34.4 Å². The van der Waals surface area contributed by atoms with Crippen molar-refractivity contribution in [1.29, 1.82) is 0 Å². The summed E-state index contributed by atoms with van der Waals surface area (Å²) in [6.45, 7) is 7.56. The van der Waals surface area contributed by atoms with Crippen molar-refractivity contribution in [2.24, 2.45) is 0 Å². The Hall–Kier alpha value is -0.610. The van der Waals surface area contributed by atoms with Crippen LogP contribution in [0, 0.1) is 6.92 Å². The molecule has 0 radical (unpaired) electrons. The molecule has 1 aromatic heterocycles. The van der Waals surface area contributed by atoms with Crippen molar-refractivity contribution in [2.45, 2.75) is 26.3 Å². The molecule has 1 fully saturated rings. The summed E-state index contributed by atoms with van der Waals surface area (Å²) in [7, 11) is 0. The van der Waals surface area contributed by atoms with Gasteiger partial charge in [0.2, 0.25) is 0 Å². The summed E-state index contributed by atoms with van der Waals surface area (Å²) in [4.78, 5) is 6.96. The summed E-state index contributed by atoms with van der Waals surface area (Å²) in [6, 6.07) is 0.644. The second-order valence-corrected chi connectivity index (χ2v) is 4.54. The van der Waals surface area contributed by atoms with Gasteiger partial charge in [0.25, 0.3) is 0 Å². The minimum Gasteiger partial charge on any atom is -0.344 e. The van der Waals surface area contributed by atoms with Crippen molar-refractivity contribution in [1.82, 2.24) is 10.3 Å². The van der Waals surface area contributed by atoms with E-state index in [4.69, 9.17) is 0 Å². The van der Waals surface area contributed by atoms with Gasteiger partial charge in [-0.15, -0.1) is 11.3 Å². The van der Waals surface area contributed by atoms with Crippen LogP contribution in [0.15, 0.2) is 5.38 Å². The molecule has 1 unspecified atom stereocenters. The third-order valence-corrected chi connectivity index (χ3v) is 3.66. The van der Waals surface area contributed by atoms with Gasteiger partial charge in [-0.1, -0.05) is 0 Å². The molecule has 0 spiro atoms. The molecule has 2 rings (SSSR count). The number of rotatable bonds is 3. The van der Waals surface area contributed by atoms with E-state index >= 15 is 0 Å². The maximum atomic E-state index is 4.54. The third kappa shape index (κ3) is 1.91. The maximum absolute atomic E-state index is 4.54. The van der Waals surface area contributed by atoms with E-state index < -0.39 is 0 Å². The van der Waals surface area contributed by atoms with E-state index in [9.17, 15) is 0 Å². The van der Waals surface area contributed by atoms with Crippen molar-refractivity contribution in [3.8, 4) is 0 Å². The first-order valence-corrected chi connectivity index (χ1v) is 6.08. The molecule has 0 saturated carbocycles. The van der Waals surface area contributed by atoms with E-state index in [0.29, 0.717) is 6.04 Å². The zero-order valence-corrected chi connectivity index (χ0v) is 9.60. The molecule has 0 amide bonds. The lowest BCUT2D eigenvalue weighted by atomic mass is 10.2. The Morgan fingerprint density at radius 2 is 2.57 bits per heavy atom. The molecule has 1 aliphatic rings. The first-order valence-electron chi connectivity index (χ1n) is 5.20. The van der Waals surface area contributed by atoms with Crippen LogP contribution in [0.4, 0.5) is 5.13 Å². The molecule has 1 N–H and O–H groups in total. The molecule has 4 heteroatoms. The molecule has 1 saturated heterocycles. The molecule has 78 valence electrons. The van der Waals surface area contributed by atoms with Gasteiger partial charge in [0.1, 0.15) is 0 Å². The number of aromatic nitrogens is 1. The van der Waals surface area contributed by atoms with Crippen molar-refractivity contribution in [2.75, 3.05) is 24.5 Å². The number of nitrogens with zero attached hydrogens (tertiary/aromatic N) is 2. The first-order chi connectivity index (χ1) is 6.81. The summed E-state index contributed by atoms with van der Waals surface area (Å²) in [5, 5.41) is 6.70. The highest BCUT2D eigenvalue weighted by molar-refractivity contribution is 7.13. The van der Waals surface area contributed by atoms with Crippen LogP contribution in [0.1, 0.15) is 19.0 Å². The fourth-order valence-corrected chi connectivity index (χ4v) is 2.87. The van der Waals surface area contributed by atoms with Gasteiger partial charge < -0.3 is 10.2 Å². The number of nitrogens with one attached hydrogen (secondary N) is 1. The van der Waals surface area contributed by atoms with Gasteiger partial charge in [0, 0.05) is 24.5 Å². The van der Waals surface area contributed by atoms with Gasteiger partial charge in [-0.05, 0) is 26.8 Å². The molecule has 0 aliphatic carbocycles. The van der Waals surface area contributed by atoms with Gasteiger partial charge in [-0.25, -0.2) is 4.98 Å². The summed E-state index contributed by atoms with van der Waals surface area (Å²) < 4.78 is 0. The van der Waals surface area contributed by atoms with E-state index in [-0.39, 0.29) is 0 Å². The average Bonchev–Trinajstić information content (AvgIpc) is 2.79. The molecule has 2 heterocycles. The lowest BCUT2D eigenvalue weighted by Crippen LogP contribution is -2.36. The summed E-state index contributed by atoms with van der Waals surface area (Å²) in [6.07, 6.45) is 1.24. The molecule has 1 aliphatic heterocycles. The summed E-state index contributed by atoms with van der Waals surface area (Å²) in [5.74, 6) is 0. The van der Waals surface area contributed by atoms with E-state index in [1.54, 1.807) is 11.3 Å². The predicted molar refractivity (Wildman–Crippen MR) is 61.1 cm³/mol. The third-order valence-electron chi connectivity index (χ3n) is 2.67. The van der Waals surface area contributed by atoms with Crippen molar-refractivity contribution in [3.05, 3.63) is 11.1 Å². The Morgan fingerprint density at radius 3 is 3.07 bits per heavy atom. The second kappa shape index (κ2) is 4.28. The van der Waals surface area contributed by atoms with Crippen molar-refractivity contribution < 1.29 is 0 Å². The first kappa shape index (κ1) is 9.93. The Labute approximate surface area is 89.1 Å². The molecule has 1 atom stereocenters. The van der Waals surface area contributed by atoms with Gasteiger partial charge >= 0.3 is 0 Å². The predicted octanol–water partition coefficient (Wildman–Crippen LogP) is 1.64. The largest absolute Gasteiger partial charge is 0.344 e. The van der Waals surface area contributed by atoms with Gasteiger partial charge in [-0.2, -0.15) is 0 Å². The Bertz CT molecular complexity index is 291. The van der Waals surface area contributed by atoms with Crippen LogP contribution in [-0.2, 0) is 0 Å². The quantitative estimate of drug-likeness (QED) is 0.824. The highest BCUT2D eigenvalue weighted by Gasteiger charge is 2.22. The van der Waals surface area contributed by atoms with Crippen LogP contribution in [0.25, 0.3) is 0 Å². The van der Waals surface area contributed by atoms with Crippen LogP contribution in [0.5, 0.6) is 0 Å². The smallest absolute Gasteiger partial charge is 0.185 e. The van der Waals surface area contributed by atoms with Crippen LogP contribution in [0.3, 0.4) is 0 Å². The minimum atomic E-state index is 0.644. The normalized spacial score (nSPS) is 21.4. The molecular formula is C10H17N3S. The van der Waals surface area contributed by atoms with Crippen molar-refractivity contribution in [3.63, 3.8) is 0 Å². The molecule has 14 heavy (non-hydrogen) atoms. The Balaban J connectivity index is 2.12. The lowest BCUT2D eigenvalue weighted by molar-refractivity contribution is 0.646. The number of hydrogen-bond donors (Lipinski definition) is 1. The van der Waals surface area contributed by atoms with E-state index in [0.717, 1.165) is 25.3 Å². The highest BCUT2D eigenvalue weighted by Crippen LogP contribution is 2.23. The lowest BCUT2D eigenvalue weighted by Gasteiger charge is -2.26. The number of aryl methyl sites for hydroxylation is 1. The molecule has 3 nitrogen and oxygen atoms in total. The highest BCUT2D eigenvalue weighted by atomic mass is 32.1. The number of anilines is 1. The average molecular weight is 211 g/mol. The summed E-state index contributed by atoms with van der Waals surface area (Å²) >= 11 is 1.76. The van der Waals surface area contributed by atoms with Gasteiger partial charge in [-0.3, -0.25) is 0 Å². The second-order valence-electron chi connectivity index (χ2n) is 3.70. The van der Waals surface area contributed by atoms with Crippen LogP contribution in [0.2, 0.25) is 0 Å². The number of likely N-dealkylation sites (N-methyl/N-ethyl adjacent to an activating group) is 1. The van der Waals surface area contributed by atoms with Crippen LogP contribution in [-0.4, -0.2) is 30.7 Å². The van der Waals surface area contributed by atoms with Gasteiger partial charge in [0.05, 0.1) is 5.69 Å². The Kier molecular flexibility index (Phi) is 3.03. The van der Waals surface area contributed by atoms with Crippen molar-refractivity contribution >= 4 is 16.5 Å². The zero-order valence-electron chi connectivity index (χ0n) is 8.79. The monoisotopic (exact) mass is 211 g/mol. The SMILES string of the molecule is CCN(c1nc(C)cs1)C1CCNC1. The minimum absolute atomic E-state index is 0.644. The fourth-order valence-electron chi connectivity index (χ4n) is 1.93. The topological polar surface area (TPSA) is 28.2 Å².